The van der Waals surface area contributed by atoms with Gasteiger partial charge in [0.25, 0.3) is 0 Å². The number of aliphatic hydroxyl groups is 1. The van der Waals surface area contributed by atoms with Gasteiger partial charge in [-0.25, -0.2) is 4.39 Å². The first-order chi connectivity index (χ1) is 7.18. The number of aliphatic hydroxyl groups excluding tert-OH is 1. The van der Waals surface area contributed by atoms with Crippen molar-refractivity contribution in [3.8, 4) is 0 Å². The molecule has 2 aromatic rings. The molecule has 0 amide bonds. The number of hydrogen-bond donors (Lipinski definition) is 1. The van der Waals surface area contributed by atoms with E-state index in [-0.39, 0.29) is 5.82 Å². The van der Waals surface area contributed by atoms with Crippen molar-refractivity contribution in [3.05, 3.63) is 59.3 Å². The minimum absolute atomic E-state index is 0.360. The van der Waals surface area contributed by atoms with Crippen molar-refractivity contribution in [2.24, 2.45) is 0 Å². The maximum atomic E-state index is 13.0. The second-order valence-corrected chi connectivity index (χ2v) is 3.42. The summed E-state index contributed by atoms with van der Waals surface area (Å²) in [6, 6.07) is 7.68. The van der Waals surface area contributed by atoms with Gasteiger partial charge < -0.3 is 9.52 Å². The first-order valence-corrected chi connectivity index (χ1v) is 4.66. The minimum atomic E-state index is -0.907. The topological polar surface area (TPSA) is 33.4 Å². The Morgan fingerprint density at radius 2 is 2.13 bits per heavy atom. The fourth-order valence-electron chi connectivity index (χ4n) is 1.51. The molecule has 0 aliphatic heterocycles. The third-order valence-electron chi connectivity index (χ3n) is 2.35. The van der Waals surface area contributed by atoms with Crippen molar-refractivity contribution in [2.45, 2.75) is 13.0 Å². The highest BCUT2D eigenvalue weighted by molar-refractivity contribution is 5.32. The van der Waals surface area contributed by atoms with E-state index in [4.69, 9.17) is 4.42 Å². The number of rotatable bonds is 2. The van der Waals surface area contributed by atoms with Gasteiger partial charge in [0, 0.05) is 0 Å². The molecule has 0 saturated heterocycles. The summed E-state index contributed by atoms with van der Waals surface area (Å²) >= 11 is 0. The summed E-state index contributed by atoms with van der Waals surface area (Å²) in [7, 11) is 0. The number of furan rings is 1. The SMILES string of the molecule is Cc1ccc(F)cc1[C@H](O)c1ccco1. The molecule has 0 radical (unpaired) electrons. The van der Waals surface area contributed by atoms with Crippen LogP contribution in [-0.4, -0.2) is 5.11 Å². The highest BCUT2D eigenvalue weighted by Gasteiger charge is 2.15. The quantitative estimate of drug-likeness (QED) is 0.819. The second kappa shape index (κ2) is 3.87. The van der Waals surface area contributed by atoms with E-state index < -0.39 is 6.10 Å². The monoisotopic (exact) mass is 206 g/mol. The Balaban J connectivity index is 2.41. The van der Waals surface area contributed by atoms with Crippen molar-refractivity contribution >= 4 is 0 Å². The predicted molar refractivity (Wildman–Crippen MR) is 53.9 cm³/mol. The number of benzene rings is 1. The standard InChI is InChI=1S/C12H11FO2/c1-8-4-5-9(13)7-10(8)12(14)11-3-2-6-15-11/h2-7,12,14H,1H3/t12-/m0/s1. The lowest BCUT2D eigenvalue weighted by molar-refractivity contribution is 0.188. The van der Waals surface area contributed by atoms with Crippen molar-refractivity contribution in [3.63, 3.8) is 0 Å². The van der Waals surface area contributed by atoms with Crippen molar-refractivity contribution in [2.75, 3.05) is 0 Å². The van der Waals surface area contributed by atoms with E-state index in [1.807, 2.05) is 6.92 Å². The van der Waals surface area contributed by atoms with Gasteiger partial charge in [0.05, 0.1) is 6.26 Å². The van der Waals surface area contributed by atoms with Crippen LogP contribution in [0.5, 0.6) is 0 Å². The molecule has 78 valence electrons. The van der Waals surface area contributed by atoms with Crippen LogP contribution in [0.2, 0.25) is 0 Å². The molecule has 0 aliphatic rings. The molecule has 0 fully saturated rings. The maximum Gasteiger partial charge on any atom is 0.137 e. The Bertz CT molecular complexity index is 449. The molecule has 2 nitrogen and oxygen atoms in total. The summed E-state index contributed by atoms with van der Waals surface area (Å²) in [5.74, 6) is 0.0601. The largest absolute Gasteiger partial charge is 0.466 e. The average Bonchev–Trinajstić information content (AvgIpc) is 2.74. The van der Waals surface area contributed by atoms with Gasteiger partial charge in [0.2, 0.25) is 0 Å². The highest BCUT2D eigenvalue weighted by Crippen LogP contribution is 2.25. The fraction of sp³-hybridized carbons (Fsp3) is 0.167. The third kappa shape index (κ3) is 1.92. The molecular weight excluding hydrogens is 195 g/mol. The normalized spacial score (nSPS) is 12.7. The number of halogens is 1. The predicted octanol–water partition coefficient (Wildman–Crippen LogP) is 2.81. The zero-order valence-corrected chi connectivity index (χ0v) is 8.27. The third-order valence-corrected chi connectivity index (χ3v) is 2.35. The van der Waals surface area contributed by atoms with E-state index >= 15 is 0 Å². The summed E-state index contributed by atoms with van der Waals surface area (Å²) in [6.45, 7) is 1.82. The molecule has 1 aromatic heterocycles. The molecular formula is C12H11FO2. The molecule has 3 heteroatoms. The lowest BCUT2D eigenvalue weighted by Gasteiger charge is -2.11. The second-order valence-electron chi connectivity index (χ2n) is 3.42. The Morgan fingerprint density at radius 3 is 2.80 bits per heavy atom. The molecule has 1 N–H and O–H groups in total. The molecule has 0 saturated carbocycles. The van der Waals surface area contributed by atoms with E-state index in [1.165, 1.54) is 18.4 Å². The summed E-state index contributed by atoms with van der Waals surface area (Å²) in [5.41, 5.74) is 1.37. The zero-order chi connectivity index (χ0) is 10.8. The average molecular weight is 206 g/mol. The van der Waals surface area contributed by atoms with Gasteiger partial charge in [-0.15, -0.1) is 0 Å². The first-order valence-electron chi connectivity index (χ1n) is 4.66. The van der Waals surface area contributed by atoms with Gasteiger partial charge in [-0.3, -0.25) is 0 Å². The molecule has 0 aliphatic carbocycles. The van der Waals surface area contributed by atoms with Crippen LogP contribution in [0.25, 0.3) is 0 Å². The van der Waals surface area contributed by atoms with E-state index in [9.17, 15) is 9.50 Å². The smallest absolute Gasteiger partial charge is 0.137 e. The Kier molecular flexibility index (Phi) is 2.56. The van der Waals surface area contributed by atoms with Gasteiger partial charge in [-0.05, 0) is 42.3 Å². The molecule has 0 bridgehead atoms. The van der Waals surface area contributed by atoms with E-state index in [0.717, 1.165) is 5.56 Å². The molecule has 2 rings (SSSR count). The van der Waals surface area contributed by atoms with E-state index in [0.29, 0.717) is 11.3 Å². The van der Waals surface area contributed by atoms with Gasteiger partial charge >= 0.3 is 0 Å². The summed E-state index contributed by atoms with van der Waals surface area (Å²) in [6.07, 6.45) is 0.573. The van der Waals surface area contributed by atoms with E-state index in [2.05, 4.69) is 0 Å². The molecule has 1 aromatic carbocycles. The number of aryl methyl sites for hydroxylation is 1. The van der Waals surface area contributed by atoms with Gasteiger partial charge in [0.1, 0.15) is 17.7 Å². The van der Waals surface area contributed by atoms with Crippen LogP contribution >= 0.6 is 0 Å². The Hall–Kier alpha value is -1.61. The fourth-order valence-corrected chi connectivity index (χ4v) is 1.51. The highest BCUT2D eigenvalue weighted by atomic mass is 19.1. The van der Waals surface area contributed by atoms with Crippen LogP contribution in [0.3, 0.4) is 0 Å². The van der Waals surface area contributed by atoms with Crippen LogP contribution in [-0.2, 0) is 0 Å². The van der Waals surface area contributed by atoms with Crippen LogP contribution < -0.4 is 0 Å². The molecule has 1 heterocycles. The van der Waals surface area contributed by atoms with Gasteiger partial charge in [-0.2, -0.15) is 0 Å². The lowest BCUT2D eigenvalue weighted by atomic mass is 10.0. The lowest BCUT2D eigenvalue weighted by Crippen LogP contribution is -2.01. The first kappa shape index (κ1) is 9.93. The number of hydrogen-bond acceptors (Lipinski definition) is 2. The Morgan fingerprint density at radius 1 is 1.33 bits per heavy atom. The van der Waals surface area contributed by atoms with Gasteiger partial charge in [0.15, 0.2) is 0 Å². The summed E-state index contributed by atoms with van der Waals surface area (Å²) in [4.78, 5) is 0. The molecule has 15 heavy (non-hydrogen) atoms. The molecule has 0 unspecified atom stereocenters. The van der Waals surface area contributed by atoms with Crippen molar-refractivity contribution in [1.29, 1.82) is 0 Å². The summed E-state index contributed by atoms with van der Waals surface area (Å²) in [5, 5.41) is 9.93. The van der Waals surface area contributed by atoms with Crippen LogP contribution in [0.15, 0.2) is 41.0 Å². The van der Waals surface area contributed by atoms with E-state index in [1.54, 1.807) is 18.2 Å². The van der Waals surface area contributed by atoms with Gasteiger partial charge in [-0.1, -0.05) is 6.07 Å². The summed E-state index contributed by atoms with van der Waals surface area (Å²) < 4.78 is 18.1. The minimum Gasteiger partial charge on any atom is -0.466 e. The van der Waals surface area contributed by atoms with Crippen molar-refractivity contribution < 1.29 is 13.9 Å². The Labute approximate surface area is 87.0 Å². The van der Waals surface area contributed by atoms with Crippen LogP contribution in [0.4, 0.5) is 4.39 Å². The van der Waals surface area contributed by atoms with Crippen LogP contribution in [0, 0.1) is 12.7 Å². The molecule has 0 spiro atoms. The van der Waals surface area contributed by atoms with Crippen molar-refractivity contribution in [1.82, 2.24) is 0 Å². The van der Waals surface area contributed by atoms with Crippen LogP contribution in [0.1, 0.15) is 23.0 Å². The zero-order valence-electron chi connectivity index (χ0n) is 8.27. The molecule has 1 atom stereocenters. The maximum absolute atomic E-state index is 13.0.